The number of carbonyl (C=O) groups is 1. The highest BCUT2D eigenvalue weighted by Gasteiger charge is 2.43. The van der Waals surface area contributed by atoms with Gasteiger partial charge in [0.1, 0.15) is 16.7 Å². The van der Waals surface area contributed by atoms with Crippen LogP contribution in [0.1, 0.15) is 37.9 Å². The molecule has 4 rings (SSSR count). The smallest absolute Gasteiger partial charge is 0.339 e. The molecule has 2 aromatic carbocycles. The SMILES string of the molecule is C[C@@H]1CC[C@@H]2[C@H](CC(=O)O[C@H]2c2ccc(OS(=O)(=O)c3ccccc3)cc2)O1. The van der Waals surface area contributed by atoms with Gasteiger partial charge in [0.05, 0.1) is 18.6 Å². The standard InChI is InChI=1S/C21H22O6S/c1-14-7-12-18-19(25-14)13-20(22)26-21(18)15-8-10-16(11-9-15)27-28(23,24)17-5-3-2-4-6-17/h2-6,8-11,14,18-19,21H,7,12-13H2,1H3/t14-,18-,19+,21+/m1/s1. The molecule has 0 N–H and O–H groups in total. The lowest BCUT2D eigenvalue weighted by Crippen LogP contribution is -2.44. The first-order valence-electron chi connectivity index (χ1n) is 9.37. The average molecular weight is 402 g/mol. The molecule has 7 heteroatoms. The fraction of sp³-hybridized carbons (Fsp3) is 0.381. The molecule has 2 aromatic rings. The maximum Gasteiger partial charge on any atom is 0.339 e. The van der Waals surface area contributed by atoms with Crippen LogP contribution >= 0.6 is 0 Å². The molecule has 2 saturated heterocycles. The second-order valence-electron chi connectivity index (χ2n) is 7.26. The van der Waals surface area contributed by atoms with Crippen LogP contribution in [0.5, 0.6) is 5.75 Å². The second-order valence-corrected chi connectivity index (χ2v) is 8.81. The number of cyclic esters (lactones) is 1. The van der Waals surface area contributed by atoms with Crippen LogP contribution in [0.25, 0.3) is 0 Å². The van der Waals surface area contributed by atoms with Gasteiger partial charge in [0.2, 0.25) is 0 Å². The highest BCUT2D eigenvalue weighted by atomic mass is 32.2. The Morgan fingerprint density at radius 3 is 2.43 bits per heavy atom. The van der Waals surface area contributed by atoms with Crippen LogP contribution in [0.3, 0.4) is 0 Å². The van der Waals surface area contributed by atoms with E-state index in [0.29, 0.717) is 0 Å². The summed E-state index contributed by atoms with van der Waals surface area (Å²) in [6.07, 6.45) is 1.74. The number of benzene rings is 2. The van der Waals surface area contributed by atoms with Gasteiger partial charge in [0.25, 0.3) is 0 Å². The third-order valence-corrected chi connectivity index (χ3v) is 6.51. The van der Waals surface area contributed by atoms with Crippen molar-refractivity contribution in [1.82, 2.24) is 0 Å². The molecule has 0 saturated carbocycles. The summed E-state index contributed by atoms with van der Waals surface area (Å²) in [6.45, 7) is 2.02. The minimum atomic E-state index is -3.89. The summed E-state index contributed by atoms with van der Waals surface area (Å²) in [5.74, 6) is 0.0425. The van der Waals surface area contributed by atoms with Crippen molar-refractivity contribution < 1.29 is 26.9 Å². The van der Waals surface area contributed by atoms with Crippen LogP contribution in [0, 0.1) is 5.92 Å². The molecule has 0 spiro atoms. The van der Waals surface area contributed by atoms with E-state index in [1.807, 2.05) is 6.92 Å². The summed E-state index contributed by atoms with van der Waals surface area (Å²) in [5, 5.41) is 0. The molecule has 148 valence electrons. The number of hydrogen-bond donors (Lipinski definition) is 0. The topological polar surface area (TPSA) is 78.9 Å². The monoisotopic (exact) mass is 402 g/mol. The van der Waals surface area contributed by atoms with Crippen molar-refractivity contribution >= 4 is 16.1 Å². The molecule has 0 unspecified atom stereocenters. The van der Waals surface area contributed by atoms with E-state index >= 15 is 0 Å². The van der Waals surface area contributed by atoms with Crippen molar-refractivity contribution in [3.8, 4) is 5.75 Å². The van der Waals surface area contributed by atoms with E-state index < -0.39 is 16.2 Å². The molecule has 0 aromatic heterocycles. The van der Waals surface area contributed by atoms with Gasteiger partial charge in [0.15, 0.2) is 0 Å². The minimum absolute atomic E-state index is 0.0941. The molecule has 0 radical (unpaired) electrons. The van der Waals surface area contributed by atoms with E-state index in [2.05, 4.69) is 0 Å². The first kappa shape index (κ1) is 19.0. The van der Waals surface area contributed by atoms with Gasteiger partial charge < -0.3 is 13.7 Å². The maximum absolute atomic E-state index is 12.3. The van der Waals surface area contributed by atoms with Gasteiger partial charge in [-0.15, -0.1) is 0 Å². The Hall–Kier alpha value is -2.38. The van der Waals surface area contributed by atoms with E-state index in [1.165, 1.54) is 12.1 Å². The zero-order valence-electron chi connectivity index (χ0n) is 15.5. The van der Waals surface area contributed by atoms with E-state index in [1.54, 1.807) is 42.5 Å². The Labute approximate surface area is 164 Å². The number of esters is 1. The molecule has 0 amide bonds. The highest BCUT2D eigenvalue weighted by molar-refractivity contribution is 7.87. The number of ether oxygens (including phenoxy) is 2. The largest absolute Gasteiger partial charge is 0.457 e. The molecule has 2 aliphatic rings. The normalized spacial score (nSPS) is 27.5. The van der Waals surface area contributed by atoms with Crippen LogP contribution in [-0.2, 0) is 24.4 Å². The molecule has 28 heavy (non-hydrogen) atoms. The summed E-state index contributed by atoms with van der Waals surface area (Å²) in [7, 11) is -3.89. The fourth-order valence-electron chi connectivity index (χ4n) is 3.86. The zero-order chi connectivity index (χ0) is 19.7. The van der Waals surface area contributed by atoms with Gasteiger partial charge >= 0.3 is 16.1 Å². The van der Waals surface area contributed by atoms with Gasteiger partial charge in [-0.05, 0) is 49.6 Å². The van der Waals surface area contributed by atoms with Crippen molar-refractivity contribution in [2.45, 2.75) is 49.4 Å². The van der Waals surface area contributed by atoms with Crippen LogP contribution in [0.2, 0.25) is 0 Å². The van der Waals surface area contributed by atoms with Crippen LogP contribution in [0.4, 0.5) is 0 Å². The molecule has 2 fully saturated rings. The predicted octanol–water partition coefficient (Wildman–Crippen LogP) is 3.63. The molecule has 2 aliphatic heterocycles. The number of carbonyl (C=O) groups excluding carboxylic acids is 1. The Morgan fingerprint density at radius 1 is 1.00 bits per heavy atom. The lowest BCUT2D eigenvalue weighted by Gasteiger charge is -2.42. The highest BCUT2D eigenvalue weighted by Crippen LogP contribution is 2.42. The minimum Gasteiger partial charge on any atom is -0.457 e. The summed E-state index contributed by atoms with van der Waals surface area (Å²) >= 11 is 0. The van der Waals surface area contributed by atoms with Crippen LogP contribution in [0.15, 0.2) is 59.5 Å². The van der Waals surface area contributed by atoms with Gasteiger partial charge in [0, 0.05) is 5.92 Å². The molecule has 4 atom stereocenters. The summed E-state index contributed by atoms with van der Waals surface area (Å²) in [4.78, 5) is 12.1. The lowest BCUT2D eigenvalue weighted by molar-refractivity contribution is -0.188. The Balaban J connectivity index is 1.52. The predicted molar refractivity (Wildman–Crippen MR) is 101 cm³/mol. The van der Waals surface area contributed by atoms with Crippen LogP contribution in [-0.4, -0.2) is 26.6 Å². The van der Waals surface area contributed by atoms with E-state index in [4.69, 9.17) is 13.7 Å². The van der Waals surface area contributed by atoms with Crippen molar-refractivity contribution in [1.29, 1.82) is 0 Å². The number of hydrogen-bond acceptors (Lipinski definition) is 6. The third-order valence-electron chi connectivity index (χ3n) is 5.25. The van der Waals surface area contributed by atoms with Gasteiger partial charge in [-0.25, -0.2) is 0 Å². The van der Waals surface area contributed by atoms with Gasteiger partial charge in [-0.1, -0.05) is 30.3 Å². The van der Waals surface area contributed by atoms with Crippen molar-refractivity contribution in [2.75, 3.05) is 0 Å². The van der Waals surface area contributed by atoms with Crippen molar-refractivity contribution in [3.63, 3.8) is 0 Å². The summed E-state index contributed by atoms with van der Waals surface area (Å²) in [5.41, 5.74) is 0.811. The maximum atomic E-state index is 12.3. The molecule has 0 aliphatic carbocycles. The van der Waals surface area contributed by atoms with E-state index in [-0.39, 0.29) is 41.2 Å². The van der Waals surface area contributed by atoms with Crippen LogP contribution < -0.4 is 4.18 Å². The average Bonchev–Trinajstić information content (AvgIpc) is 2.68. The van der Waals surface area contributed by atoms with Gasteiger partial charge in [-0.3, -0.25) is 4.79 Å². The lowest BCUT2D eigenvalue weighted by atomic mass is 9.81. The van der Waals surface area contributed by atoms with E-state index in [0.717, 1.165) is 18.4 Å². The zero-order valence-corrected chi connectivity index (χ0v) is 16.3. The Morgan fingerprint density at radius 2 is 1.71 bits per heavy atom. The van der Waals surface area contributed by atoms with E-state index in [9.17, 15) is 13.2 Å². The molecule has 0 bridgehead atoms. The molecule has 2 heterocycles. The fourth-order valence-corrected chi connectivity index (χ4v) is 4.81. The molecular formula is C21H22O6S. The Bertz CT molecular complexity index is 939. The molecular weight excluding hydrogens is 380 g/mol. The Kier molecular flexibility index (Phi) is 5.12. The van der Waals surface area contributed by atoms with Crippen molar-refractivity contribution in [2.24, 2.45) is 5.92 Å². The summed E-state index contributed by atoms with van der Waals surface area (Å²) < 4.78 is 41.5. The first-order chi connectivity index (χ1) is 13.4. The third kappa shape index (κ3) is 3.91. The second kappa shape index (κ2) is 7.56. The molecule has 6 nitrogen and oxygen atoms in total. The van der Waals surface area contributed by atoms with Gasteiger partial charge in [-0.2, -0.15) is 8.42 Å². The quantitative estimate of drug-likeness (QED) is 0.574. The number of fused-ring (bicyclic) bond motifs is 1. The number of rotatable bonds is 4. The van der Waals surface area contributed by atoms with Crippen molar-refractivity contribution in [3.05, 3.63) is 60.2 Å². The first-order valence-corrected chi connectivity index (χ1v) is 10.8. The summed E-state index contributed by atoms with van der Waals surface area (Å²) in [6, 6.07) is 14.6.